The minimum absolute atomic E-state index is 0.0210. The van der Waals surface area contributed by atoms with E-state index in [-0.39, 0.29) is 72.8 Å². The van der Waals surface area contributed by atoms with Crippen molar-refractivity contribution in [2.75, 3.05) is 46.7 Å². The lowest BCUT2D eigenvalue weighted by Gasteiger charge is -2.43. The van der Waals surface area contributed by atoms with Crippen molar-refractivity contribution in [3.8, 4) is 29.0 Å². The first-order chi connectivity index (χ1) is 44.5. The molecule has 0 radical (unpaired) electrons. The topological polar surface area (TPSA) is 378 Å². The van der Waals surface area contributed by atoms with E-state index in [1.807, 2.05) is 0 Å². The number of cyclic esters (lactones) is 1. The van der Waals surface area contributed by atoms with Crippen LogP contribution in [-0.2, 0) is 113 Å². The summed E-state index contributed by atoms with van der Waals surface area (Å²) < 4.78 is 71.8. The Balaban J connectivity index is 0.818. The summed E-state index contributed by atoms with van der Waals surface area (Å²) in [6.07, 6.45) is -5.47. The highest BCUT2D eigenvalue weighted by Crippen LogP contribution is 2.46. The fourth-order valence-corrected chi connectivity index (χ4v) is 11.7. The number of esters is 5. The number of hydrogen-bond acceptors (Lipinski definition) is 23. The maximum Gasteiger partial charge on any atom is 0.407 e. The van der Waals surface area contributed by atoms with Gasteiger partial charge in [-0.2, -0.15) is 0 Å². The van der Waals surface area contributed by atoms with Crippen LogP contribution in [0.5, 0.6) is 5.75 Å². The summed E-state index contributed by atoms with van der Waals surface area (Å²) in [5.74, 6) is -2.22. The van der Waals surface area contributed by atoms with Crippen LogP contribution in [0, 0.1) is 24.6 Å². The molecule has 5 amide bonds. The van der Waals surface area contributed by atoms with Crippen LogP contribution in [-0.4, -0.2) is 158 Å². The number of hydrogen-bond donors (Lipinski definition) is 6. The van der Waals surface area contributed by atoms with Crippen molar-refractivity contribution in [3.63, 3.8) is 0 Å². The van der Waals surface area contributed by atoms with Crippen LogP contribution in [0.25, 0.3) is 22.3 Å². The van der Waals surface area contributed by atoms with Gasteiger partial charge in [0.05, 0.1) is 47.7 Å². The molecule has 93 heavy (non-hydrogen) atoms. The quantitative estimate of drug-likeness (QED) is 0.0179. The summed E-state index contributed by atoms with van der Waals surface area (Å²) in [6, 6.07) is 6.00. The van der Waals surface area contributed by atoms with Gasteiger partial charge in [-0.25, -0.2) is 23.8 Å². The van der Waals surface area contributed by atoms with Crippen LogP contribution >= 0.6 is 0 Å². The first-order valence-corrected chi connectivity index (χ1v) is 30.0. The zero-order valence-electron chi connectivity index (χ0n) is 51.7. The normalized spacial score (nSPS) is 21.6. The highest BCUT2D eigenvalue weighted by atomic mass is 19.1. The summed E-state index contributed by atoms with van der Waals surface area (Å²) in [4.78, 5) is 148. The molecule has 5 aliphatic rings. The number of aliphatic hydroxyl groups is 1. The van der Waals surface area contributed by atoms with Gasteiger partial charge >= 0.3 is 35.9 Å². The zero-order valence-corrected chi connectivity index (χ0v) is 51.7. The van der Waals surface area contributed by atoms with Gasteiger partial charge in [0.15, 0.2) is 23.9 Å². The maximum atomic E-state index is 15.4. The van der Waals surface area contributed by atoms with E-state index >= 15 is 4.39 Å². The Labute approximate surface area is 530 Å². The number of fused-ring (bicyclic) bond motifs is 5. The molecule has 1 saturated heterocycles. The van der Waals surface area contributed by atoms with Gasteiger partial charge < -0.3 is 83.6 Å². The molecule has 1 fully saturated rings. The minimum atomic E-state index is -2.08. The van der Waals surface area contributed by atoms with E-state index in [1.165, 1.54) is 28.8 Å². The van der Waals surface area contributed by atoms with Gasteiger partial charge in [-0.05, 0) is 85.9 Å². The number of rotatable bonds is 23. The van der Waals surface area contributed by atoms with E-state index in [4.69, 9.17) is 52.4 Å². The lowest BCUT2D eigenvalue weighted by atomic mass is 9.81. The van der Waals surface area contributed by atoms with Crippen LogP contribution in [0.1, 0.15) is 128 Å². The van der Waals surface area contributed by atoms with Gasteiger partial charge in [0, 0.05) is 62.9 Å². The second kappa shape index (κ2) is 29.8. The second-order valence-electron chi connectivity index (χ2n) is 22.4. The van der Waals surface area contributed by atoms with Gasteiger partial charge in [-0.15, -0.1) is 5.92 Å². The van der Waals surface area contributed by atoms with E-state index < -0.39 is 146 Å². The Morgan fingerprint density at radius 1 is 0.839 bits per heavy atom. The first kappa shape index (κ1) is 67.8. The van der Waals surface area contributed by atoms with Crippen LogP contribution in [0.3, 0.4) is 0 Å². The van der Waals surface area contributed by atoms with Gasteiger partial charge in [0.25, 0.3) is 11.5 Å². The molecule has 6 N–H and O–H groups in total. The molecule has 2 aromatic heterocycles. The average Bonchev–Trinajstić information content (AvgIpc) is 1.63. The van der Waals surface area contributed by atoms with E-state index in [2.05, 4.69) is 38.4 Å². The number of amides is 5. The highest BCUT2D eigenvalue weighted by Gasteiger charge is 2.56. The molecule has 0 bridgehead atoms. The Morgan fingerprint density at radius 3 is 2.32 bits per heavy atom. The first-order valence-electron chi connectivity index (χ1n) is 30.0. The maximum absolute atomic E-state index is 15.4. The van der Waals surface area contributed by atoms with Gasteiger partial charge in [-0.1, -0.05) is 25.3 Å². The average molecular weight is 1300 g/mol. The summed E-state index contributed by atoms with van der Waals surface area (Å²) in [5.41, 5.74) is 0.766. The number of ether oxygens (including phenoxy) is 10. The summed E-state index contributed by atoms with van der Waals surface area (Å²) in [7, 11) is 1.00. The van der Waals surface area contributed by atoms with Crippen molar-refractivity contribution in [2.24, 2.45) is 0 Å². The Bertz CT molecular complexity index is 3790. The number of carbonyl (C=O) groups excluding carboxylic acids is 10. The largest absolute Gasteiger partial charge is 0.467 e. The third-order valence-corrected chi connectivity index (χ3v) is 16.1. The van der Waals surface area contributed by atoms with Crippen molar-refractivity contribution in [1.82, 2.24) is 36.1 Å². The number of carbonyl (C=O) groups is 10. The molecule has 8 atom stereocenters. The van der Waals surface area contributed by atoms with E-state index in [1.54, 1.807) is 19.9 Å². The van der Waals surface area contributed by atoms with Gasteiger partial charge in [0.2, 0.25) is 30.1 Å². The number of nitrogens with one attached hydrogen (secondary N) is 5. The number of aromatic nitrogens is 2. The Kier molecular flexibility index (Phi) is 21.7. The van der Waals surface area contributed by atoms with Crippen molar-refractivity contribution in [2.45, 2.75) is 154 Å². The highest BCUT2D eigenvalue weighted by molar-refractivity contribution is 5.97. The Hall–Kier alpha value is -9.57. The van der Waals surface area contributed by atoms with E-state index in [0.29, 0.717) is 58.3 Å². The summed E-state index contributed by atoms with van der Waals surface area (Å²) in [5, 5.41) is 25.0. The molecule has 1 unspecified atom stereocenters. The number of aryl methyl sites for hydroxylation is 1. The molecule has 2 aliphatic carbocycles. The number of pyridine rings is 2. The molecule has 2 aromatic carbocycles. The molecule has 5 heterocycles. The number of halogens is 1. The standard InChI is InChI=1S/C63H70FN7O22/c1-7-63(83)41-22-45-52-39(25-71(45)58(79)40(41)27-87-61(63)81)51-43(17-16-37-31(2)42(64)23-44(70-52)50(37)51)69-49(77)28-85-30-68-47(75)24-67-62(82)88-26-35-15-18-46(38(21-35)57(78)66-20-19-65-48(76)29-86-36-13-11-9-8-10-12-14-36)92-60-56(91-34(5)74)54(90-33(4)73)53(89-32(3)72)55(93-60)59(80)84-6/h15,18,21-23,36,43,53-56,60,83H,7-11,13,16-17,19-20,24-30H2,1-6H3,(H,65,76)(H,66,78)(H,67,82)(H,68,75)(H,69,77)/t36?,43-,53-,54-,55-,56+,60+,63-/m0/s1. The fraction of sp³-hybridized carbons (Fsp3) is 0.492. The lowest BCUT2D eigenvalue weighted by molar-refractivity contribution is -0.282. The molecule has 0 spiro atoms. The number of benzene rings is 2. The summed E-state index contributed by atoms with van der Waals surface area (Å²) in [6.45, 7) is 3.27. The number of alkyl carbamates (subject to hydrolysis) is 1. The van der Waals surface area contributed by atoms with Crippen molar-refractivity contribution >= 4 is 70.5 Å². The third kappa shape index (κ3) is 15.5. The molecule has 0 saturated carbocycles. The minimum Gasteiger partial charge on any atom is -0.467 e. The van der Waals surface area contributed by atoms with Crippen LogP contribution < -0.4 is 36.9 Å². The molecule has 4 aromatic rings. The van der Waals surface area contributed by atoms with Crippen LogP contribution in [0.4, 0.5) is 9.18 Å². The van der Waals surface area contributed by atoms with E-state index in [0.717, 1.165) is 53.6 Å². The van der Waals surface area contributed by atoms with Crippen LogP contribution in [0.2, 0.25) is 0 Å². The van der Waals surface area contributed by atoms with E-state index in [9.17, 15) is 57.8 Å². The van der Waals surface area contributed by atoms with Gasteiger partial charge in [0.1, 0.15) is 57.4 Å². The van der Waals surface area contributed by atoms with Gasteiger partial charge in [-0.3, -0.25) is 38.4 Å². The number of methoxy groups -OCH3 is 1. The zero-order chi connectivity index (χ0) is 66.8. The molecule has 29 nitrogen and oxygen atoms in total. The predicted molar refractivity (Wildman–Crippen MR) is 316 cm³/mol. The second-order valence-corrected chi connectivity index (χ2v) is 22.4. The molecule has 3 aliphatic heterocycles. The molecular formula is C63H70FN7O22. The molecule has 30 heteroatoms. The Morgan fingerprint density at radius 2 is 1.58 bits per heavy atom. The monoisotopic (exact) mass is 1300 g/mol. The van der Waals surface area contributed by atoms with Crippen LogP contribution in [0.15, 0.2) is 35.1 Å². The van der Waals surface area contributed by atoms with Crippen molar-refractivity contribution in [3.05, 3.63) is 91.0 Å². The molecule has 9 rings (SSSR count). The molecular weight excluding hydrogens is 1230 g/mol. The van der Waals surface area contributed by atoms with Crippen molar-refractivity contribution in [1.29, 1.82) is 0 Å². The fourth-order valence-electron chi connectivity index (χ4n) is 11.7. The third-order valence-electron chi connectivity index (χ3n) is 16.1. The SMILES string of the molecule is CC[C@@]1(O)C(=O)OCc2c1cc1n(c2=O)Cc2c-1nc1cc(F)c(C)c3c1c2[C@@H](NC(=O)COCNC(=O)CNC(=O)OCc1ccc(O[C@@H]2O[C@H](C(=O)OC)[C@@H](OC(C)=O)[C@H](OC(C)=O)[C@H]2OC(C)=O)c(C(=O)NCCNC(=O)COC2C#CCCCCC2)c1)CC3. The smallest absolute Gasteiger partial charge is 0.407 e. The van der Waals surface area contributed by atoms with Crippen molar-refractivity contribution < 1.29 is 105 Å². The number of nitrogens with zero attached hydrogens (tertiary/aromatic N) is 2. The summed E-state index contributed by atoms with van der Waals surface area (Å²) >= 11 is 0. The lowest BCUT2D eigenvalue weighted by Crippen LogP contribution is -2.64. The predicted octanol–water partition coefficient (Wildman–Crippen LogP) is 1.92. The molecule has 496 valence electrons.